The summed E-state index contributed by atoms with van der Waals surface area (Å²) in [6.07, 6.45) is 13.4. The second kappa shape index (κ2) is 11.5. The van der Waals surface area contributed by atoms with Gasteiger partial charge in [0, 0.05) is 16.6 Å². The van der Waals surface area contributed by atoms with Gasteiger partial charge < -0.3 is 0 Å². The van der Waals surface area contributed by atoms with Gasteiger partial charge in [0.25, 0.3) is 0 Å². The maximum atomic E-state index is 5.16. The Morgan fingerprint density at radius 2 is 1.17 bits per heavy atom. The van der Waals surface area contributed by atoms with Gasteiger partial charge in [-0.25, -0.2) is 9.97 Å². The highest BCUT2D eigenvalue weighted by Gasteiger charge is 2.20. The van der Waals surface area contributed by atoms with Crippen molar-refractivity contribution >= 4 is 66.5 Å². The minimum Gasteiger partial charge on any atom is -0.292 e. The van der Waals surface area contributed by atoms with Crippen LogP contribution >= 0.6 is 0 Å². The summed E-state index contributed by atoms with van der Waals surface area (Å²) in [4.78, 5) is 10.2. The molecule has 0 bridgehead atoms. The minimum absolute atomic E-state index is 0.957. The maximum absolute atomic E-state index is 5.16. The third kappa shape index (κ3) is 4.54. The summed E-state index contributed by atoms with van der Waals surface area (Å²) in [5.41, 5.74) is 15.6. The Hall–Kier alpha value is -6.52. The van der Waals surface area contributed by atoms with Crippen molar-refractivity contribution in [3.8, 4) is 17.1 Å². The van der Waals surface area contributed by atoms with Crippen molar-refractivity contribution in [1.82, 2.24) is 18.9 Å². The zero-order valence-electron chi connectivity index (χ0n) is 28.6. The van der Waals surface area contributed by atoms with Gasteiger partial charge >= 0.3 is 0 Å². The Kier molecular flexibility index (Phi) is 6.47. The highest BCUT2D eigenvalue weighted by atomic mass is 15.1. The highest BCUT2D eigenvalue weighted by molar-refractivity contribution is 6.03. The predicted molar refractivity (Wildman–Crippen MR) is 217 cm³/mol. The molecule has 0 aliphatic heterocycles. The first kappa shape index (κ1) is 29.2. The number of imidazole rings is 2. The average Bonchev–Trinajstić information content (AvgIpc) is 3.81. The molecule has 0 unspecified atom stereocenters. The number of fused-ring (bicyclic) bond motifs is 10. The fourth-order valence-corrected chi connectivity index (χ4v) is 8.54. The van der Waals surface area contributed by atoms with Crippen LogP contribution in [0.2, 0.25) is 0 Å². The summed E-state index contributed by atoms with van der Waals surface area (Å²) in [6, 6.07) is 48.1. The van der Waals surface area contributed by atoms with E-state index >= 15 is 0 Å². The molecular formula is C48H34N4. The van der Waals surface area contributed by atoms with E-state index in [1.54, 1.807) is 0 Å². The smallest absolute Gasteiger partial charge is 0.146 e. The van der Waals surface area contributed by atoms with Crippen LogP contribution < -0.4 is 0 Å². The third-order valence-electron chi connectivity index (χ3n) is 11.1. The van der Waals surface area contributed by atoms with Gasteiger partial charge in [-0.1, -0.05) is 97.1 Å². The number of hydrogen-bond donors (Lipinski definition) is 0. The Balaban J connectivity index is 0.946. The first-order chi connectivity index (χ1) is 25.8. The summed E-state index contributed by atoms with van der Waals surface area (Å²) >= 11 is 0. The molecule has 0 saturated carbocycles. The lowest BCUT2D eigenvalue weighted by Crippen LogP contribution is -2.04. The number of allylic oxidation sites excluding steroid dienone is 5. The lowest BCUT2D eigenvalue weighted by atomic mass is 9.88. The molecule has 2 aliphatic rings. The van der Waals surface area contributed by atoms with E-state index in [-0.39, 0.29) is 0 Å². The van der Waals surface area contributed by atoms with Gasteiger partial charge in [-0.05, 0) is 130 Å². The minimum atomic E-state index is 0.957. The molecule has 52 heavy (non-hydrogen) atoms. The maximum Gasteiger partial charge on any atom is 0.146 e. The van der Waals surface area contributed by atoms with E-state index in [0.717, 1.165) is 65.0 Å². The van der Waals surface area contributed by atoms with Crippen molar-refractivity contribution in [2.24, 2.45) is 0 Å². The van der Waals surface area contributed by atoms with Crippen LogP contribution in [0.5, 0.6) is 0 Å². The summed E-state index contributed by atoms with van der Waals surface area (Å²) in [5, 5.41) is 5.03. The number of benzene rings is 6. The number of aryl methyl sites for hydroxylation is 1. The van der Waals surface area contributed by atoms with Gasteiger partial charge in [0.2, 0.25) is 0 Å². The van der Waals surface area contributed by atoms with Crippen molar-refractivity contribution in [3.05, 3.63) is 174 Å². The van der Waals surface area contributed by atoms with Crippen LogP contribution in [-0.2, 0) is 6.42 Å². The number of para-hydroxylation sites is 5. The highest BCUT2D eigenvalue weighted by Crippen LogP contribution is 2.38. The average molecular weight is 667 g/mol. The quantitative estimate of drug-likeness (QED) is 0.187. The Labute approximate surface area is 301 Å². The predicted octanol–water partition coefficient (Wildman–Crippen LogP) is 12.0. The molecule has 0 fully saturated rings. The van der Waals surface area contributed by atoms with E-state index in [1.807, 2.05) is 0 Å². The molecule has 11 rings (SSSR count). The lowest BCUT2D eigenvalue weighted by molar-refractivity contribution is 0.969. The molecule has 246 valence electrons. The van der Waals surface area contributed by atoms with Gasteiger partial charge in [0.15, 0.2) is 0 Å². The van der Waals surface area contributed by atoms with Crippen molar-refractivity contribution < 1.29 is 0 Å². The van der Waals surface area contributed by atoms with E-state index in [4.69, 9.17) is 9.97 Å². The van der Waals surface area contributed by atoms with Crippen LogP contribution in [0.4, 0.5) is 0 Å². The summed E-state index contributed by atoms with van der Waals surface area (Å²) < 4.78 is 4.64. The Morgan fingerprint density at radius 3 is 1.96 bits per heavy atom. The van der Waals surface area contributed by atoms with E-state index < -0.39 is 0 Å². The molecule has 3 aromatic heterocycles. The van der Waals surface area contributed by atoms with Crippen LogP contribution in [0.25, 0.3) is 83.6 Å². The molecule has 4 heteroatoms. The fourth-order valence-electron chi connectivity index (χ4n) is 8.54. The first-order valence-electron chi connectivity index (χ1n) is 18.3. The van der Waals surface area contributed by atoms with Crippen LogP contribution in [-0.4, -0.2) is 18.9 Å². The lowest BCUT2D eigenvalue weighted by Gasteiger charge is -2.19. The zero-order chi connectivity index (χ0) is 34.2. The molecule has 0 saturated heterocycles. The zero-order valence-corrected chi connectivity index (χ0v) is 28.6. The number of hydrogen-bond acceptors (Lipinski definition) is 2. The summed E-state index contributed by atoms with van der Waals surface area (Å²) in [5.74, 6) is 0.957. The molecule has 2 aliphatic carbocycles. The third-order valence-corrected chi connectivity index (χ3v) is 11.1. The Morgan fingerprint density at radius 1 is 0.519 bits per heavy atom. The van der Waals surface area contributed by atoms with Gasteiger partial charge in [-0.2, -0.15) is 0 Å². The molecular weight excluding hydrogens is 633 g/mol. The fraction of sp³-hybridized carbons (Fsp3) is 0.0833. The standard InChI is InChI=1S/C48H34N4/c1-2-10-38(11-3-1)51-45-16-8-5-13-42(45)49-47(51)37-25-24-34-28-33(22-23-35(34)29-37)31-18-20-32(21-19-31)36-26-27-39-40-12-4-7-15-44(40)52-46-17-9-6-14-43(46)50-48(52)41(39)30-36/h1-3,5-11,13-18,20,22-30H,4,12,19,21H2. The molecule has 6 aromatic carbocycles. The number of pyridine rings is 1. The molecule has 0 N–H and O–H groups in total. The van der Waals surface area contributed by atoms with Gasteiger partial charge in [-0.3, -0.25) is 8.97 Å². The molecule has 0 atom stereocenters. The van der Waals surface area contributed by atoms with Gasteiger partial charge in [-0.15, -0.1) is 0 Å². The largest absolute Gasteiger partial charge is 0.292 e. The monoisotopic (exact) mass is 666 g/mol. The molecule has 4 nitrogen and oxygen atoms in total. The first-order valence-corrected chi connectivity index (χ1v) is 18.3. The molecule has 0 radical (unpaired) electrons. The van der Waals surface area contributed by atoms with E-state index in [9.17, 15) is 0 Å². The number of rotatable bonds is 4. The van der Waals surface area contributed by atoms with E-state index in [1.165, 1.54) is 60.6 Å². The second-order valence-corrected chi connectivity index (χ2v) is 14.1. The van der Waals surface area contributed by atoms with E-state index in [2.05, 4.69) is 167 Å². The summed E-state index contributed by atoms with van der Waals surface area (Å²) in [6.45, 7) is 0. The van der Waals surface area contributed by atoms with Crippen molar-refractivity contribution in [2.45, 2.75) is 25.7 Å². The van der Waals surface area contributed by atoms with Crippen molar-refractivity contribution in [2.75, 3.05) is 0 Å². The molecule has 3 heterocycles. The second-order valence-electron chi connectivity index (χ2n) is 14.1. The number of nitrogens with zero attached hydrogens (tertiary/aromatic N) is 4. The van der Waals surface area contributed by atoms with Gasteiger partial charge in [0.05, 0.1) is 27.8 Å². The van der Waals surface area contributed by atoms with Crippen LogP contribution in [0.15, 0.2) is 152 Å². The van der Waals surface area contributed by atoms with Crippen molar-refractivity contribution in [1.29, 1.82) is 0 Å². The summed E-state index contributed by atoms with van der Waals surface area (Å²) in [7, 11) is 0. The number of aromatic nitrogens is 4. The van der Waals surface area contributed by atoms with Crippen LogP contribution in [0.1, 0.15) is 41.6 Å². The van der Waals surface area contributed by atoms with Crippen molar-refractivity contribution in [3.63, 3.8) is 0 Å². The normalized spacial score (nSPS) is 14.4. The SMILES string of the molecule is C1=Cc2c(c3ccc(C4=CC=C(c5ccc6cc(-c7nc8ccccc8n7-c7ccccc7)ccc6c5)CC4)cc3c3nc4ccccc4n23)CC1. The Bertz CT molecular complexity index is 3010. The molecule has 9 aromatic rings. The van der Waals surface area contributed by atoms with Crippen LogP contribution in [0.3, 0.4) is 0 Å². The van der Waals surface area contributed by atoms with Gasteiger partial charge in [0.1, 0.15) is 11.5 Å². The molecule has 0 amide bonds. The topological polar surface area (TPSA) is 35.1 Å². The van der Waals surface area contributed by atoms with Crippen LogP contribution in [0, 0.1) is 0 Å². The molecule has 0 spiro atoms. The van der Waals surface area contributed by atoms with E-state index in [0.29, 0.717) is 0 Å².